The Morgan fingerprint density at radius 3 is 3.00 bits per heavy atom. The van der Waals surface area contributed by atoms with Crippen LogP contribution in [0.15, 0.2) is 12.4 Å². The van der Waals surface area contributed by atoms with Gasteiger partial charge in [0.15, 0.2) is 11.0 Å². The Morgan fingerprint density at radius 2 is 2.29 bits per heavy atom. The van der Waals surface area contributed by atoms with E-state index in [0.29, 0.717) is 11.2 Å². The Morgan fingerprint density at radius 1 is 1.50 bits per heavy atom. The van der Waals surface area contributed by atoms with E-state index < -0.39 is 0 Å². The second-order valence-corrected chi connectivity index (χ2v) is 3.83. The first-order valence-electron chi connectivity index (χ1n) is 4.72. The van der Waals surface area contributed by atoms with Gasteiger partial charge in [-0.25, -0.2) is 9.97 Å². The second kappa shape index (κ2) is 4.11. The first-order chi connectivity index (χ1) is 6.77. The number of piperazine rings is 1. The predicted molar refractivity (Wildman–Crippen MR) is 56.7 cm³/mol. The van der Waals surface area contributed by atoms with Crippen molar-refractivity contribution in [1.82, 2.24) is 15.3 Å². The Labute approximate surface area is 88.3 Å². The summed E-state index contributed by atoms with van der Waals surface area (Å²) in [5, 5.41) is 3.86. The molecule has 1 saturated heterocycles. The minimum atomic E-state index is 0.474. The maximum Gasteiger partial charge on any atom is 0.171 e. The molecule has 2 heterocycles. The fourth-order valence-electron chi connectivity index (χ4n) is 1.65. The lowest BCUT2D eigenvalue weighted by Gasteiger charge is -2.32. The van der Waals surface area contributed by atoms with Gasteiger partial charge in [-0.2, -0.15) is 0 Å². The zero-order valence-corrected chi connectivity index (χ0v) is 8.83. The molecule has 1 aromatic rings. The van der Waals surface area contributed by atoms with Crippen LogP contribution in [-0.2, 0) is 0 Å². The molecule has 1 unspecified atom stereocenters. The zero-order valence-electron chi connectivity index (χ0n) is 8.07. The molecule has 0 bridgehead atoms. The Hall–Kier alpha value is -0.870. The van der Waals surface area contributed by atoms with E-state index in [1.54, 1.807) is 12.4 Å². The molecule has 1 aliphatic heterocycles. The summed E-state index contributed by atoms with van der Waals surface area (Å²) in [4.78, 5) is 10.4. The fraction of sp³-hybridized carbons (Fsp3) is 0.556. The van der Waals surface area contributed by atoms with Crippen molar-refractivity contribution in [2.45, 2.75) is 13.0 Å². The lowest BCUT2D eigenvalue weighted by Crippen LogP contribution is -2.49. The van der Waals surface area contributed by atoms with Gasteiger partial charge in [-0.1, -0.05) is 11.6 Å². The molecule has 5 heteroatoms. The summed E-state index contributed by atoms with van der Waals surface area (Å²) < 4.78 is 0. The number of nitrogens with one attached hydrogen (secondary N) is 1. The number of aromatic nitrogens is 2. The first-order valence-corrected chi connectivity index (χ1v) is 5.10. The molecule has 0 aromatic carbocycles. The molecule has 1 aliphatic rings. The summed E-state index contributed by atoms with van der Waals surface area (Å²) in [6.45, 7) is 4.98. The van der Waals surface area contributed by atoms with Gasteiger partial charge >= 0.3 is 0 Å². The molecule has 1 atom stereocenters. The Bertz CT molecular complexity index is 317. The largest absolute Gasteiger partial charge is 0.351 e. The molecule has 0 radical (unpaired) electrons. The van der Waals surface area contributed by atoms with Gasteiger partial charge in [-0.15, -0.1) is 0 Å². The van der Waals surface area contributed by atoms with Crippen LogP contribution >= 0.6 is 11.6 Å². The highest BCUT2D eigenvalue weighted by atomic mass is 35.5. The Kier molecular flexibility index (Phi) is 2.84. The Balaban J connectivity index is 2.18. The van der Waals surface area contributed by atoms with Gasteiger partial charge in [0.25, 0.3) is 0 Å². The molecular formula is C9H13ClN4. The number of halogens is 1. The van der Waals surface area contributed by atoms with Gasteiger partial charge in [0.2, 0.25) is 0 Å². The third kappa shape index (κ3) is 1.96. The fourth-order valence-corrected chi connectivity index (χ4v) is 1.88. The van der Waals surface area contributed by atoms with Gasteiger partial charge in [0.1, 0.15) is 0 Å². The second-order valence-electron chi connectivity index (χ2n) is 3.47. The topological polar surface area (TPSA) is 41.1 Å². The lowest BCUT2D eigenvalue weighted by molar-refractivity contribution is 0.482. The summed E-state index contributed by atoms with van der Waals surface area (Å²) in [6.07, 6.45) is 3.28. The molecule has 0 aliphatic carbocycles. The van der Waals surface area contributed by atoms with Crippen LogP contribution in [0.2, 0.25) is 5.15 Å². The molecule has 2 rings (SSSR count). The monoisotopic (exact) mass is 212 g/mol. The molecule has 1 N–H and O–H groups in total. The van der Waals surface area contributed by atoms with Crippen molar-refractivity contribution >= 4 is 17.4 Å². The zero-order chi connectivity index (χ0) is 9.97. The highest BCUT2D eigenvalue weighted by molar-refractivity contribution is 6.31. The summed E-state index contributed by atoms with van der Waals surface area (Å²) in [5.74, 6) is 0.794. The first kappa shape index (κ1) is 9.68. The predicted octanol–water partition coefficient (Wildman–Crippen LogP) is 0.928. The van der Waals surface area contributed by atoms with Crippen LogP contribution in [-0.4, -0.2) is 35.6 Å². The number of anilines is 1. The van der Waals surface area contributed by atoms with E-state index in [1.807, 2.05) is 0 Å². The molecule has 4 nitrogen and oxygen atoms in total. The third-order valence-electron chi connectivity index (χ3n) is 2.30. The number of hydrogen-bond donors (Lipinski definition) is 1. The van der Waals surface area contributed by atoms with E-state index in [1.165, 1.54) is 0 Å². The summed E-state index contributed by atoms with van der Waals surface area (Å²) in [5.41, 5.74) is 0. The molecule has 1 fully saturated rings. The maximum absolute atomic E-state index is 5.97. The van der Waals surface area contributed by atoms with Crippen molar-refractivity contribution < 1.29 is 0 Å². The minimum Gasteiger partial charge on any atom is -0.351 e. The normalized spacial score (nSPS) is 22.4. The smallest absolute Gasteiger partial charge is 0.171 e. The molecular weight excluding hydrogens is 200 g/mol. The van der Waals surface area contributed by atoms with E-state index in [9.17, 15) is 0 Å². The van der Waals surface area contributed by atoms with Crippen molar-refractivity contribution in [2.75, 3.05) is 24.5 Å². The third-order valence-corrected chi connectivity index (χ3v) is 2.57. The summed E-state index contributed by atoms with van der Waals surface area (Å²) in [6, 6.07) is 0.474. The van der Waals surface area contributed by atoms with Crippen LogP contribution in [0.25, 0.3) is 0 Å². The van der Waals surface area contributed by atoms with Gasteiger partial charge in [0.05, 0.1) is 0 Å². The van der Waals surface area contributed by atoms with Crippen LogP contribution in [0.4, 0.5) is 5.82 Å². The van der Waals surface area contributed by atoms with Gasteiger partial charge in [-0.3, -0.25) is 0 Å². The average molecular weight is 213 g/mol. The van der Waals surface area contributed by atoms with Gasteiger partial charge in [0, 0.05) is 38.1 Å². The van der Waals surface area contributed by atoms with E-state index >= 15 is 0 Å². The van der Waals surface area contributed by atoms with Gasteiger partial charge < -0.3 is 10.2 Å². The van der Waals surface area contributed by atoms with Crippen molar-refractivity contribution in [3.8, 4) is 0 Å². The van der Waals surface area contributed by atoms with Crippen molar-refractivity contribution in [3.63, 3.8) is 0 Å². The van der Waals surface area contributed by atoms with Crippen LogP contribution in [0.1, 0.15) is 6.92 Å². The van der Waals surface area contributed by atoms with E-state index in [2.05, 4.69) is 27.1 Å². The highest BCUT2D eigenvalue weighted by Crippen LogP contribution is 2.20. The summed E-state index contributed by atoms with van der Waals surface area (Å²) in [7, 11) is 0. The summed E-state index contributed by atoms with van der Waals surface area (Å²) >= 11 is 5.97. The van der Waals surface area contributed by atoms with Gasteiger partial charge in [-0.05, 0) is 6.92 Å². The van der Waals surface area contributed by atoms with Crippen molar-refractivity contribution in [2.24, 2.45) is 0 Å². The maximum atomic E-state index is 5.97. The highest BCUT2D eigenvalue weighted by Gasteiger charge is 2.18. The van der Waals surface area contributed by atoms with Crippen LogP contribution < -0.4 is 10.2 Å². The quantitative estimate of drug-likeness (QED) is 0.752. The SMILES string of the molecule is CC1CN(c2nccnc2Cl)CCN1. The number of rotatable bonds is 1. The van der Waals surface area contributed by atoms with Crippen LogP contribution in [0.5, 0.6) is 0 Å². The lowest BCUT2D eigenvalue weighted by atomic mass is 10.2. The molecule has 1 aromatic heterocycles. The van der Waals surface area contributed by atoms with Crippen molar-refractivity contribution in [3.05, 3.63) is 17.5 Å². The van der Waals surface area contributed by atoms with Crippen molar-refractivity contribution in [1.29, 1.82) is 0 Å². The van der Waals surface area contributed by atoms with Crippen LogP contribution in [0, 0.1) is 0 Å². The molecule has 0 saturated carbocycles. The standard InChI is InChI=1S/C9H13ClN4/c1-7-6-14(5-4-11-7)9-8(10)12-2-3-13-9/h2-3,7,11H,4-6H2,1H3. The molecule has 76 valence electrons. The van der Waals surface area contributed by atoms with E-state index in [0.717, 1.165) is 25.5 Å². The minimum absolute atomic E-state index is 0.474. The molecule has 14 heavy (non-hydrogen) atoms. The van der Waals surface area contributed by atoms with Crippen LogP contribution in [0.3, 0.4) is 0 Å². The van der Waals surface area contributed by atoms with E-state index in [-0.39, 0.29) is 0 Å². The number of nitrogens with zero attached hydrogens (tertiary/aromatic N) is 3. The average Bonchev–Trinajstić information content (AvgIpc) is 2.18. The molecule has 0 amide bonds. The van der Waals surface area contributed by atoms with E-state index in [4.69, 9.17) is 11.6 Å². The number of hydrogen-bond acceptors (Lipinski definition) is 4. The molecule has 0 spiro atoms.